The molecule has 1 nitrogen and oxygen atoms in total. The Morgan fingerprint density at radius 3 is 2.54 bits per heavy atom. The van der Waals surface area contributed by atoms with E-state index >= 15 is 0 Å². The topological polar surface area (TPSA) is 3.24 Å². The predicted octanol–water partition coefficient (Wildman–Crippen LogP) is 2.52. The second-order valence-corrected chi connectivity index (χ2v) is 5.91. The van der Waals surface area contributed by atoms with Gasteiger partial charge in [0.2, 0.25) is 0 Å². The third kappa shape index (κ3) is 1.03. The fourth-order valence-corrected chi connectivity index (χ4v) is 4.46. The Kier molecular flexibility index (Phi) is 1.59. The minimum atomic E-state index is 0.775. The number of hydrogen-bond acceptors (Lipinski definition) is 1. The molecule has 2 bridgehead atoms. The molecule has 1 saturated heterocycles. The predicted molar refractivity (Wildman–Crippen MR) is 54.6 cm³/mol. The van der Waals surface area contributed by atoms with Gasteiger partial charge in [-0.25, -0.2) is 0 Å². The van der Waals surface area contributed by atoms with E-state index in [-0.39, 0.29) is 0 Å². The van der Waals surface area contributed by atoms with Crippen LogP contribution in [-0.2, 0) is 0 Å². The Balaban J connectivity index is 1.84. The van der Waals surface area contributed by atoms with Crippen LogP contribution in [0.5, 0.6) is 0 Å². The SMILES string of the molecule is CC1CC2(CC3CCC2C3)CN1C. The van der Waals surface area contributed by atoms with Crippen molar-refractivity contribution in [2.45, 2.75) is 45.1 Å². The minimum absolute atomic E-state index is 0.775. The molecule has 0 N–H and O–H groups in total. The van der Waals surface area contributed by atoms with Crippen LogP contribution in [0.4, 0.5) is 0 Å². The molecule has 2 aliphatic carbocycles. The lowest BCUT2D eigenvalue weighted by molar-refractivity contribution is 0.171. The summed E-state index contributed by atoms with van der Waals surface area (Å²) in [5.41, 5.74) is 0.775. The molecule has 0 aromatic carbocycles. The van der Waals surface area contributed by atoms with Crippen LogP contribution in [-0.4, -0.2) is 24.5 Å². The summed E-state index contributed by atoms with van der Waals surface area (Å²) >= 11 is 0. The smallest absolute Gasteiger partial charge is 0.00699 e. The lowest BCUT2D eigenvalue weighted by atomic mass is 9.72. The van der Waals surface area contributed by atoms with Gasteiger partial charge in [-0.15, -0.1) is 0 Å². The van der Waals surface area contributed by atoms with Crippen molar-refractivity contribution in [3.63, 3.8) is 0 Å². The van der Waals surface area contributed by atoms with E-state index in [1.165, 1.54) is 13.0 Å². The molecule has 1 aliphatic heterocycles. The fourth-order valence-electron chi connectivity index (χ4n) is 4.46. The lowest BCUT2D eigenvalue weighted by Gasteiger charge is -2.33. The zero-order chi connectivity index (χ0) is 9.05. The van der Waals surface area contributed by atoms with Crippen LogP contribution in [0.25, 0.3) is 0 Å². The highest BCUT2D eigenvalue weighted by atomic mass is 15.2. The molecule has 2 saturated carbocycles. The number of nitrogens with zero attached hydrogens (tertiary/aromatic N) is 1. The van der Waals surface area contributed by atoms with E-state index in [1.54, 1.807) is 25.7 Å². The van der Waals surface area contributed by atoms with Crippen LogP contribution >= 0.6 is 0 Å². The summed E-state index contributed by atoms with van der Waals surface area (Å²) in [5.74, 6) is 2.22. The van der Waals surface area contributed by atoms with Crippen molar-refractivity contribution in [1.82, 2.24) is 4.90 Å². The molecule has 1 heterocycles. The summed E-state index contributed by atoms with van der Waals surface area (Å²) in [4.78, 5) is 2.58. The maximum Gasteiger partial charge on any atom is 0.00699 e. The van der Waals surface area contributed by atoms with E-state index in [2.05, 4.69) is 18.9 Å². The van der Waals surface area contributed by atoms with Crippen LogP contribution in [0, 0.1) is 17.3 Å². The molecule has 3 aliphatic rings. The molecule has 0 aromatic rings. The van der Waals surface area contributed by atoms with Gasteiger partial charge in [-0.05, 0) is 56.9 Å². The number of rotatable bonds is 0. The second kappa shape index (κ2) is 2.50. The van der Waals surface area contributed by atoms with Gasteiger partial charge in [-0.3, -0.25) is 0 Å². The zero-order valence-corrected chi connectivity index (χ0v) is 8.92. The van der Waals surface area contributed by atoms with Crippen molar-refractivity contribution >= 4 is 0 Å². The van der Waals surface area contributed by atoms with Crippen molar-refractivity contribution in [1.29, 1.82) is 0 Å². The van der Waals surface area contributed by atoms with Gasteiger partial charge in [0.1, 0.15) is 0 Å². The molecular formula is C12H21N. The van der Waals surface area contributed by atoms with Gasteiger partial charge >= 0.3 is 0 Å². The van der Waals surface area contributed by atoms with Crippen LogP contribution < -0.4 is 0 Å². The van der Waals surface area contributed by atoms with E-state index in [9.17, 15) is 0 Å². The Bertz CT molecular complexity index is 213. The first-order valence-corrected chi connectivity index (χ1v) is 5.90. The first-order chi connectivity index (χ1) is 6.20. The van der Waals surface area contributed by atoms with Gasteiger partial charge in [0.05, 0.1) is 0 Å². The first kappa shape index (κ1) is 8.28. The largest absolute Gasteiger partial charge is 0.303 e. The van der Waals surface area contributed by atoms with Gasteiger partial charge < -0.3 is 4.90 Å². The summed E-state index contributed by atoms with van der Waals surface area (Å²) in [6.07, 6.45) is 7.72. The zero-order valence-electron chi connectivity index (χ0n) is 8.92. The minimum Gasteiger partial charge on any atom is -0.303 e. The van der Waals surface area contributed by atoms with E-state index in [1.807, 2.05) is 0 Å². The second-order valence-electron chi connectivity index (χ2n) is 5.91. The number of likely N-dealkylation sites (tertiary alicyclic amines) is 1. The van der Waals surface area contributed by atoms with Crippen LogP contribution in [0.15, 0.2) is 0 Å². The van der Waals surface area contributed by atoms with Crippen molar-refractivity contribution in [2.75, 3.05) is 13.6 Å². The summed E-state index contributed by atoms with van der Waals surface area (Å²) < 4.78 is 0. The molecule has 1 spiro atoms. The van der Waals surface area contributed by atoms with E-state index in [0.29, 0.717) is 0 Å². The highest BCUT2D eigenvalue weighted by Crippen LogP contribution is 2.60. The van der Waals surface area contributed by atoms with Crippen molar-refractivity contribution < 1.29 is 0 Å². The van der Waals surface area contributed by atoms with Crippen LogP contribution in [0.3, 0.4) is 0 Å². The van der Waals surface area contributed by atoms with Crippen LogP contribution in [0.2, 0.25) is 0 Å². The lowest BCUT2D eigenvalue weighted by Crippen LogP contribution is -2.30. The quantitative estimate of drug-likeness (QED) is 0.552. The average Bonchev–Trinajstić information content (AvgIpc) is 2.68. The molecule has 0 radical (unpaired) electrons. The third-order valence-electron chi connectivity index (χ3n) is 5.12. The molecule has 0 amide bonds. The molecule has 4 unspecified atom stereocenters. The molecule has 3 rings (SSSR count). The molecule has 74 valence electrons. The van der Waals surface area contributed by atoms with E-state index < -0.39 is 0 Å². The Labute approximate surface area is 81.5 Å². The molecule has 13 heavy (non-hydrogen) atoms. The first-order valence-electron chi connectivity index (χ1n) is 5.90. The summed E-state index contributed by atoms with van der Waals surface area (Å²) in [7, 11) is 2.31. The van der Waals surface area contributed by atoms with Crippen molar-refractivity contribution in [3.05, 3.63) is 0 Å². The summed E-state index contributed by atoms with van der Waals surface area (Å²) in [6.45, 7) is 3.80. The third-order valence-corrected chi connectivity index (χ3v) is 5.12. The van der Waals surface area contributed by atoms with E-state index in [0.717, 1.165) is 23.3 Å². The van der Waals surface area contributed by atoms with Gasteiger partial charge in [0.25, 0.3) is 0 Å². The van der Waals surface area contributed by atoms with E-state index in [4.69, 9.17) is 0 Å². The highest BCUT2D eigenvalue weighted by molar-refractivity contribution is 5.06. The maximum absolute atomic E-state index is 2.58. The fraction of sp³-hybridized carbons (Fsp3) is 1.00. The highest BCUT2D eigenvalue weighted by Gasteiger charge is 2.54. The molecule has 0 aromatic heterocycles. The van der Waals surface area contributed by atoms with Crippen LogP contribution in [0.1, 0.15) is 39.0 Å². The Morgan fingerprint density at radius 1 is 1.23 bits per heavy atom. The van der Waals surface area contributed by atoms with Crippen molar-refractivity contribution in [3.8, 4) is 0 Å². The van der Waals surface area contributed by atoms with Gasteiger partial charge in [-0.1, -0.05) is 6.42 Å². The molecular weight excluding hydrogens is 158 g/mol. The van der Waals surface area contributed by atoms with Crippen molar-refractivity contribution in [2.24, 2.45) is 17.3 Å². The molecule has 1 heteroatoms. The maximum atomic E-state index is 2.58. The monoisotopic (exact) mass is 179 g/mol. The standard InChI is InChI=1S/C12H21N/c1-9-6-12(8-13(9)2)7-10-3-4-11(12)5-10/h9-11H,3-8H2,1-2H3. The number of hydrogen-bond donors (Lipinski definition) is 0. The Hall–Kier alpha value is -0.0400. The average molecular weight is 179 g/mol. The normalized spacial score (nSPS) is 55.4. The molecule has 3 fully saturated rings. The van der Waals surface area contributed by atoms with Gasteiger partial charge in [0.15, 0.2) is 0 Å². The number of fused-ring (bicyclic) bond motifs is 3. The van der Waals surface area contributed by atoms with Gasteiger partial charge in [0, 0.05) is 12.6 Å². The summed E-state index contributed by atoms with van der Waals surface area (Å²) in [5, 5.41) is 0. The summed E-state index contributed by atoms with van der Waals surface area (Å²) in [6, 6.07) is 0.847. The Morgan fingerprint density at radius 2 is 2.08 bits per heavy atom. The van der Waals surface area contributed by atoms with Gasteiger partial charge in [-0.2, -0.15) is 0 Å². The molecule has 4 atom stereocenters.